The van der Waals surface area contributed by atoms with Gasteiger partial charge in [0.15, 0.2) is 0 Å². The SMILES string of the molecule is CC(N)CC(=O)Nc1cccc(N2CCC(C(N)=O)CC2)c1. The van der Waals surface area contributed by atoms with Crippen molar-refractivity contribution in [3.8, 4) is 0 Å². The molecule has 2 rings (SSSR count). The average molecular weight is 304 g/mol. The number of anilines is 2. The van der Waals surface area contributed by atoms with E-state index in [-0.39, 0.29) is 23.8 Å². The van der Waals surface area contributed by atoms with Crippen LogP contribution in [0.25, 0.3) is 0 Å². The van der Waals surface area contributed by atoms with E-state index in [2.05, 4.69) is 10.2 Å². The van der Waals surface area contributed by atoms with Crippen LogP contribution >= 0.6 is 0 Å². The van der Waals surface area contributed by atoms with Gasteiger partial charge >= 0.3 is 0 Å². The molecule has 1 heterocycles. The summed E-state index contributed by atoms with van der Waals surface area (Å²) in [5.74, 6) is -0.318. The molecule has 1 aliphatic rings. The molecule has 0 aromatic heterocycles. The fourth-order valence-corrected chi connectivity index (χ4v) is 2.71. The van der Waals surface area contributed by atoms with E-state index in [4.69, 9.17) is 11.5 Å². The fourth-order valence-electron chi connectivity index (χ4n) is 2.71. The first-order chi connectivity index (χ1) is 10.5. The normalized spacial score (nSPS) is 17.1. The summed E-state index contributed by atoms with van der Waals surface area (Å²) in [5.41, 5.74) is 12.8. The van der Waals surface area contributed by atoms with E-state index in [0.29, 0.717) is 6.42 Å². The van der Waals surface area contributed by atoms with E-state index in [1.165, 1.54) is 0 Å². The van der Waals surface area contributed by atoms with Crippen molar-refractivity contribution in [3.05, 3.63) is 24.3 Å². The molecule has 6 heteroatoms. The van der Waals surface area contributed by atoms with Gasteiger partial charge in [-0.2, -0.15) is 0 Å². The number of carbonyl (C=O) groups excluding carboxylic acids is 2. The Kier molecular flexibility index (Phi) is 5.38. The van der Waals surface area contributed by atoms with Crippen LogP contribution in [0.2, 0.25) is 0 Å². The van der Waals surface area contributed by atoms with Crippen LogP contribution < -0.4 is 21.7 Å². The number of nitrogens with two attached hydrogens (primary N) is 2. The van der Waals surface area contributed by atoms with E-state index < -0.39 is 0 Å². The summed E-state index contributed by atoms with van der Waals surface area (Å²) in [5, 5.41) is 2.86. The molecule has 5 N–H and O–H groups in total. The molecule has 120 valence electrons. The third-order valence-electron chi connectivity index (χ3n) is 3.90. The van der Waals surface area contributed by atoms with Crippen molar-refractivity contribution in [3.63, 3.8) is 0 Å². The van der Waals surface area contributed by atoms with Gasteiger partial charge in [0.2, 0.25) is 11.8 Å². The Morgan fingerprint density at radius 1 is 1.36 bits per heavy atom. The molecule has 22 heavy (non-hydrogen) atoms. The maximum Gasteiger partial charge on any atom is 0.225 e. The second-order valence-electron chi connectivity index (χ2n) is 5.94. The van der Waals surface area contributed by atoms with Gasteiger partial charge in [0.1, 0.15) is 0 Å². The monoisotopic (exact) mass is 304 g/mol. The smallest absolute Gasteiger partial charge is 0.225 e. The molecular weight excluding hydrogens is 280 g/mol. The van der Waals surface area contributed by atoms with Gasteiger partial charge in [-0.05, 0) is 38.0 Å². The summed E-state index contributed by atoms with van der Waals surface area (Å²) in [4.78, 5) is 25.2. The lowest BCUT2D eigenvalue weighted by atomic mass is 9.96. The highest BCUT2D eigenvalue weighted by molar-refractivity contribution is 5.91. The van der Waals surface area contributed by atoms with Gasteiger partial charge in [-0.3, -0.25) is 9.59 Å². The zero-order chi connectivity index (χ0) is 16.1. The Morgan fingerprint density at radius 3 is 2.64 bits per heavy atom. The molecule has 1 aliphatic heterocycles. The molecule has 1 aromatic carbocycles. The molecule has 1 saturated heterocycles. The Balaban J connectivity index is 1.97. The number of primary amides is 1. The van der Waals surface area contributed by atoms with Crippen LogP contribution in [0, 0.1) is 5.92 Å². The van der Waals surface area contributed by atoms with Crippen LogP contribution in [0.3, 0.4) is 0 Å². The largest absolute Gasteiger partial charge is 0.371 e. The highest BCUT2D eigenvalue weighted by Gasteiger charge is 2.23. The van der Waals surface area contributed by atoms with Gasteiger partial charge in [-0.1, -0.05) is 6.07 Å². The Hall–Kier alpha value is -2.08. The predicted molar refractivity (Wildman–Crippen MR) is 87.5 cm³/mol. The molecule has 0 spiro atoms. The second kappa shape index (κ2) is 7.26. The molecular formula is C16H24N4O2. The third kappa shape index (κ3) is 4.46. The number of piperidine rings is 1. The maximum absolute atomic E-state index is 11.8. The van der Waals surface area contributed by atoms with Crippen molar-refractivity contribution in [1.29, 1.82) is 0 Å². The van der Waals surface area contributed by atoms with E-state index in [0.717, 1.165) is 37.3 Å². The lowest BCUT2D eigenvalue weighted by Crippen LogP contribution is -2.38. The molecule has 1 fully saturated rings. The quantitative estimate of drug-likeness (QED) is 0.757. The Labute approximate surface area is 130 Å². The van der Waals surface area contributed by atoms with Crippen LogP contribution in [0.5, 0.6) is 0 Å². The Bertz CT molecular complexity index is 537. The minimum absolute atomic E-state index is 0.0230. The standard InChI is InChI=1S/C16H24N4O2/c1-11(17)9-15(21)19-13-3-2-4-14(10-13)20-7-5-12(6-8-20)16(18)22/h2-4,10-12H,5-9,17H2,1H3,(H2,18,22)(H,19,21). The first-order valence-corrected chi connectivity index (χ1v) is 7.65. The summed E-state index contributed by atoms with van der Waals surface area (Å²) in [7, 11) is 0. The Morgan fingerprint density at radius 2 is 2.05 bits per heavy atom. The molecule has 6 nitrogen and oxygen atoms in total. The average Bonchev–Trinajstić information content (AvgIpc) is 2.46. The van der Waals surface area contributed by atoms with Gasteiger partial charge in [-0.25, -0.2) is 0 Å². The summed E-state index contributed by atoms with van der Waals surface area (Å²) in [6.07, 6.45) is 1.85. The maximum atomic E-state index is 11.8. The van der Waals surface area contributed by atoms with Crippen molar-refractivity contribution in [2.45, 2.75) is 32.2 Å². The van der Waals surface area contributed by atoms with Crippen LogP contribution in [0.4, 0.5) is 11.4 Å². The molecule has 0 bridgehead atoms. The van der Waals surface area contributed by atoms with E-state index in [9.17, 15) is 9.59 Å². The van der Waals surface area contributed by atoms with Gasteiger partial charge in [0.05, 0.1) is 0 Å². The van der Waals surface area contributed by atoms with E-state index >= 15 is 0 Å². The molecule has 0 radical (unpaired) electrons. The summed E-state index contributed by atoms with van der Waals surface area (Å²) < 4.78 is 0. The first kappa shape index (κ1) is 16.3. The lowest BCUT2D eigenvalue weighted by Gasteiger charge is -2.32. The van der Waals surface area contributed by atoms with Crippen LogP contribution in [0.15, 0.2) is 24.3 Å². The van der Waals surface area contributed by atoms with Crippen LogP contribution in [-0.4, -0.2) is 30.9 Å². The summed E-state index contributed by atoms with van der Waals surface area (Å²) >= 11 is 0. The lowest BCUT2D eigenvalue weighted by molar-refractivity contribution is -0.122. The number of nitrogens with zero attached hydrogens (tertiary/aromatic N) is 1. The summed E-state index contributed by atoms with van der Waals surface area (Å²) in [6.45, 7) is 3.40. The number of rotatable bonds is 5. The van der Waals surface area contributed by atoms with Crippen molar-refractivity contribution < 1.29 is 9.59 Å². The van der Waals surface area contributed by atoms with E-state index in [1.807, 2.05) is 24.3 Å². The number of carbonyl (C=O) groups is 2. The minimum atomic E-state index is -0.212. The molecule has 1 atom stereocenters. The van der Waals surface area contributed by atoms with Crippen LogP contribution in [0.1, 0.15) is 26.2 Å². The number of hydrogen-bond donors (Lipinski definition) is 3. The molecule has 2 amide bonds. The van der Waals surface area contributed by atoms with E-state index in [1.54, 1.807) is 6.92 Å². The fraction of sp³-hybridized carbons (Fsp3) is 0.500. The molecule has 0 saturated carbocycles. The number of hydrogen-bond acceptors (Lipinski definition) is 4. The first-order valence-electron chi connectivity index (χ1n) is 7.65. The number of amides is 2. The zero-order valence-electron chi connectivity index (χ0n) is 12.9. The summed E-state index contributed by atoms with van der Waals surface area (Å²) in [6, 6.07) is 7.57. The van der Waals surface area contributed by atoms with Gasteiger partial charge in [-0.15, -0.1) is 0 Å². The van der Waals surface area contributed by atoms with Gasteiger partial charge < -0.3 is 21.7 Å². The molecule has 1 aromatic rings. The number of benzene rings is 1. The highest BCUT2D eigenvalue weighted by Crippen LogP contribution is 2.25. The van der Waals surface area contributed by atoms with Crippen molar-refractivity contribution in [1.82, 2.24) is 0 Å². The second-order valence-corrected chi connectivity index (χ2v) is 5.94. The van der Waals surface area contributed by atoms with Gasteiger partial charge in [0.25, 0.3) is 0 Å². The highest BCUT2D eigenvalue weighted by atomic mass is 16.2. The zero-order valence-corrected chi connectivity index (χ0v) is 12.9. The van der Waals surface area contributed by atoms with Crippen molar-refractivity contribution in [2.75, 3.05) is 23.3 Å². The minimum Gasteiger partial charge on any atom is -0.371 e. The van der Waals surface area contributed by atoms with Crippen LogP contribution in [-0.2, 0) is 9.59 Å². The van der Waals surface area contributed by atoms with Crippen molar-refractivity contribution in [2.24, 2.45) is 17.4 Å². The van der Waals surface area contributed by atoms with Crippen molar-refractivity contribution >= 4 is 23.2 Å². The topological polar surface area (TPSA) is 101 Å². The molecule has 1 unspecified atom stereocenters. The predicted octanol–water partition coefficient (Wildman–Crippen LogP) is 1.06. The molecule has 0 aliphatic carbocycles. The van der Waals surface area contributed by atoms with Gasteiger partial charge in [0, 0.05) is 42.8 Å². The third-order valence-corrected chi connectivity index (χ3v) is 3.90. The number of nitrogens with one attached hydrogen (secondary N) is 1.